The highest BCUT2D eigenvalue weighted by Crippen LogP contribution is 2.16. The van der Waals surface area contributed by atoms with Crippen molar-refractivity contribution in [3.63, 3.8) is 0 Å². The Hall–Kier alpha value is -2.14. The van der Waals surface area contributed by atoms with Gasteiger partial charge < -0.3 is 15.6 Å². The van der Waals surface area contributed by atoms with Crippen molar-refractivity contribution in [2.45, 2.75) is 25.9 Å². The zero-order valence-electron chi connectivity index (χ0n) is 11.8. The number of carbonyl (C=O) groups is 1. The van der Waals surface area contributed by atoms with Crippen LogP contribution in [0.2, 0.25) is 0 Å². The Morgan fingerprint density at radius 3 is 2.70 bits per heavy atom. The number of aromatic nitrogens is 2. The summed E-state index contributed by atoms with van der Waals surface area (Å²) in [6.45, 7) is 5.57. The molecular formula is C15H20N4O. The third kappa shape index (κ3) is 3.24. The lowest BCUT2D eigenvalue weighted by Gasteiger charge is -2.28. The van der Waals surface area contributed by atoms with Gasteiger partial charge in [0.1, 0.15) is 0 Å². The third-order valence-electron chi connectivity index (χ3n) is 3.24. The number of nitrogens with one attached hydrogen (secondary N) is 1. The van der Waals surface area contributed by atoms with Gasteiger partial charge in [0.2, 0.25) is 0 Å². The Morgan fingerprint density at radius 1 is 1.35 bits per heavy atom. The predicted molar refractivity (Wildman–Crippen MR) is 78.2 cm³/mol. The quantitative estimate of drug-likeness (QED) is 0.837. The van der Waals surface area contributed by atoms with E-state index in [2.05, 4.69) is 22.4 Å². The van der Waals surface area contributed by atoms with Crippen LogP contribution in [0.4, 0.5) is 0 Å². The summed E-state index contributed by atoms with van der Waals surface area (Å²) in [6.07, 6.45) is 3.38. The summed E-state index contributed by atoms with van der Waals surface area (Å²) < 4.78 is 1.81. The molecule has 1 aromatic heterocycles. The minimum atomic E-state index is -0.508. The minimum absolute atomic E-state index is 0.282. The van der Waals surface area contributed by atoms with Crippen molar-refractivity contribution in [3.05, 3.63) is 54.1 Å². The Labute approximate surface area is 118 Å². The summed E-state index contributed by atoms with van der Waals surface area (Å²) >= 11 is 0. The molecule has 2 rings (SSSR count). The second-order valence-electron chi connectivity index (χ2n) is 5.39. The molecule has 0 fully saturated rings. The predicted octanol–water partition coefficient (Wildman–Crippen LogP) is 1.51. The molecule has 1 amide bonds. The fraction of sp³-hybridized carbons (Fsp3) is 0.333. The van der Waals surface area contributed by atoms with E-state index in [-0.39, 0.29) is 11.4 Å². The van der Waals surface area contributed by atoms with Gasteiger partial charge in [-0.05, 0) is 19.4 Å². The summed E-state index contributed by atoms with van der Waals surface area (Å²) in [6, 6.07) is 10.2. The average Bonchev–Trinajstić information content (AvgIpc) is 2.90. The molecule has 0 bridgehead atoms. The Morgan fingerprint density at radius 2 is 2.05 bits per heavy atom. The molecule has 5 heteroatoms. The first kappa shape index (κ1) is 14.3. The molecule has 1 heterocycles. The van der Waals surface area contributed by atoms with Crippen LogP contribution in [0, 0.1) is 0 Å². The van der Waals surface area contributed by atoms with Crippen LogP contribution in [-0.2, 0) is 12.1 Å². The van der Waals surface area contributed by atoms with Gasteiger partial charge >= 0.3 is 0 Å². The van der Waals surface area contributed by atoms with E-state index in [1.807, 2.05) is 36.6 Å². The second kappa shape index (κ2) is 5.88. The van der Waals surface area contributed by atoms with Crippen LogP contribution in [0.5, 0.6) is 0 Å². The van der Waals surface area contributed by atoms with Crippen LogP contribution in [0.15, 0.2) is 42.7 Å². The van der Waals surface area contributed by atoms with Gasteiger partial charge in [-0.25, -0.2) is 4.98 Å². The normalized spacial score (nSPS) is 11.5. The van der Waals surface area contributed by atoms with Crippen LogP contribution < -0.4 is 11.1 Å². The lowest BCUT2D eigenvalue weighted by atomic mass is 10.0. The molecule has 0 atom stereocenters. The average molecular weight is 272 g/mol. The number of rotatable bonds is 6. The molecule has 0 aliphatic rings. The maximum Gasteiger partial charge on any atom is 0.284 e. The van der Waals surface area contributed by atoms with Gasteiger partial charge in [-0.3, -0.25) is 4.79 Å². The lowest BCUT2D eigenvalue weighted by molar-refractivity contribution is 0.0978. The van der Waals surface area contributed by atoms with Gasteiger partial charge in [-0.2, -0.15) is 0 Å². The molecule has 0 saturated carbocycles. The van der Waals surface area contributed by atoms with Crippen LogP contribution in [-0.4, -0.2) is 22.0 Å². The number of carbonyl (C=O) groups excluding carboxylic acids is 1. The van der Waals surface area contributed by atoms with Crippen molar-refractivity contribution < 1.29 is 4.79 Å². The summed E-state index contributed by atoms with van der Waals surface area (Å²) in [5.74, 6) is -0.220. The van der Waals surface area contributed by atoms with Gasteiger partial charge in [0.05, 0.1) is 5.54 Å². The number of hydrogen-bond donors (Lipinski definition) is 2. The molecule has 0 aliphatic carbocycles. The van der Waals surface area contributed by atoms with Gasteiger partial charge in [0.25, 0.3) is 5.91 Å². The highest BCUT2D eigenvalue weighted by molar-refractivity contribution is 5.89. The molecule has 106 valence electrons. The van der Waals surface area contributed by atoms with E-state index >= 15 is 0 Å². The summed E-state index contributed by atoms with van der Waals surface area (Å²) in [5.41, 5.74) is 6.28. The number of nitrogens with two attached hydrogens (primary N) is 1. The Balaban J connectivity index is 2.00. The van der Waals surface area contributed by atoms with E-state index in [4.69, 9.17) is 5.73 Å². The van der Waals surface area contributed by atoms with Crippen LogP contribution in [0.3, 0.4) is 0 Å². The van der Waals surface area contributed by atoms with E-state index in [1.165, 1.54) is 5.56 Å². The zero-order valence-corrected chi connectivity index (χ0v) is 11.8. The summed E-state index contributed by atoms with van der Waals surface area (Å²) in [4.78, 5) is 15.4. The topological polar surface area (TPSA) is 72.9 Å². The molecule has 0 unspecified atom stereocenters. The highest BCUT2D eigenvalue weighted by atomic mass is 16.1. The zero-order chi connectivity index (χ0) is 14.6. The Bertz CT molecular complexity index is 575. The van der Waals surface area contributed by atoms with Crippen LogP contribution >= 0.6 is 0 Å². The first-order valence-electron chi connectivity index (χ1n) is 6.59. The van der Waals surface area contributed by atoms with Crippen molar-refractivity contribution in [2.24, 2.45) is 5.73 Å². The van der Waals surface area contributed by atoms with Crippen molar-refractivity contribution >= 4 is 5.91 Å². The highest BCUT2D eigenvalue weighted by Gasteiger charge is 2.24. The van der Waals surface area contributed by atoms with Gasteiger partial charge in [0, 0.05) is 25.5 Å². The number of amides is 1. The number of primary amides is 1. The van der Waals surface area contributed by atoms with Gasteiger partial charge in [-0.15, -0.1) is 0 Å². The van der Waals surface area contributed by atoms with Crippen molar-refractivity contribution in [1.29, 1.82) is 0 Å². The van der Waals surface area contributed by atoms with E-state index in [9.17, 15) is 4.79 Å². The molecule has 2 aromatic rings. The molecule has 1 aromatic carbocycles. The van der Waals surface area contributed by atoms with E-state index in [1.54, 1.807) is 12.4 Å². The van der Waals surface area contributed by atoms with Gasteiger partial charge in [-0.1, -0.05) is 30.3 Å². The number of imidazole rings is 1. The van der Waals surface area contributed by atoms with E-state index < -0.39 is 5.91 Å². The largest absolute Gasteiger partial charge is 0.363 e. The molecule has 20 heavy (non-hydrogen) atoms. The maximum atomic E-state index is 11.3. The van der Waals surface area contributed by atoms with Gasteiger partial charge in [0.15, 0.2) is 5.82 Å². The minimum Gasteiger partial charge on any atom is -0.363 e. The number of benzene rings is 1. The SMILES string of the molecule is CC(C)(CNCc1ccccc1)n1ccnc1C(N)=O. The third-order valence-corrected chi connectivity index (χ3v) is 3.24. The molecule has 0 spiro atoms. The summed E-state index contributed by atoms with van der Waals surface area (Å²) in [7, 11) is 0. The fourth-order valence-corrected chi connectivity index (χ4v) is 2.17. The van der Waals surface area contributed by atoms with E-state index in [0.29, 0.717) is 6.54 Å². The van der Waals surface area contributed by atoms with Crippen LogP contribution in [0.25, 0.3) is 0 Å². The summed E-state index contributed by atoms with van der Waals surface area (Å²) in [5, 5.41) is 3.40. The standard InChI is InChI=1S/C15H20N4O/c1-15(2,19-9-8-18-14(19)13(16)20)11-17-10-12-6-4-3-5-7-12/h3-9,17H,10-11H2,1-2H3,(H2,16,20). The van der Waals surface area contributed by atoms with Crippen molar-refractivity contribution in [3.8, 4) is 0 Å². The maximum absolute atomic E-state index is 11.3. The monoisotopic (exact) mass is 272 g/mol. The lowest BCUT2D eigenvalue weighted by Crippen LogP contribution is -2.40. The molecule has 0 radical (unpaired) electrons. The molecular weight excluding hydrogens is 252 g/mol. The molecule has 0 saturated heterocycles. The molecule has 0 aliphatic heterocycles. The first-order valence-corrected chi connectivity index (χ1v) is 6.59. The Kier molecular flexibility index (Phi) is 4.20. The molecule has 3 N–H and O–H groups in total. The van der Waals surface area contributed by atoms with E-state index in [0.717, 1.165) is 6.54 Å². The smallest absolute Gasteiger partial charge is 0.284 e. The van der Waals surface area contributed by atoms with Crippen molar-refractivity contribution in [2.75, 3.05) is 6.54 Å². The number of nitrogens with zero attached hydrogens (tertiary/aromatic N) is 2. The second-order valence-corrected chi connectivity index (χ2v) is 5.39. The first-order chi connectivity index (χ1) is 9.50. The van der Waals surface area contributed by atoms with Crippen molar-refractivity contribution in [1.82, 2.24) is 14.9 Å². The molecule has 5 nitrogen and oxygen atoms in total. The fourth-order valence-electron chi connectivity index (χ4n) is 2.17. The number of hydrogen-bond acceptors (Lipinski definition) is 3. The van der Waals surface area contributed by atoms with Crippen LogP contribution in [0.1, 0.15) is 30.0 Å².